The highest BCUT2D eigenvalue weighted by atomic mass is 35.5. The summed E-state index contributed by atoms with van der Waals surface area (Å²) in [6, 6.07) is 9.54. The first-order valence-electron chi connectivity index (χ1n) is 8.64. The Morgan fingerprint density at radius 1 is 1.18 bits per heavy atom. The smallest absolute Gasteiger partial charge is 0.274 e. The Labute approximate surface area is 167 Å². The van der Waals surface area contributed by atoms with Crippen molar-refractivity contribution in [3.8, 4) is 0 Å². The van der Waals surface area contributed by atoms with Gasteiger partial charge in [0, 0.05) is 37.7 Å². The Bertz CT molecular complexity index is 984. The molecule has 0 aliphatic carbocycles. The van der Waals surface area contributed by atoms with E-state index in [9.17, 15) is 9.18 Å². The molecule has 6 nitrogen and oxygen atoms in total. The van der Waals surface area contributed by atoms with E-state index in [1.54, 1.807) is 25.4 Å². The monoisotopic (exact) mass is 399 g/mol. The summed E-state index contributed by atoms with van der Waals surface area (Å²) in [6.07, 6.45) is 4.33. The lowest BCUT2D eigenvalue weighted by Gasteiger charge is -2.19. The van der Waals surface area contributed by atoms with Crippen molar-refractivity contribution in [2.75, 3.05) is 23.8 Å². The van der Waals surface area contributed by atoms with E-state index in [4.69, 9.17) is 11.6 Å². The molecule has 2 heterocycles. The van der Waals surface area contributed by atoms with Gasteiger partial charge in [0.25, 0.3) is 5.91 Å². The van der Waals surface area contributed by atoms with Crippen LogP contribution in [0.2, 0.25) is 5.02 Å². The second kappa shape index (κ2) is 8.75. The summed E-state index contributed by atoms with van der Waals surface area (Å²) in [7, 11) is 1.91. The van der Waals surface area contributed by atoms with Crippen molar-refractivity contribution in [3.05, 3.63) is 76.7 Å². The third kappa shape index (κ3) is 5.01. The van der Waals surface area contributed by atoms with Crippen molar-refractivity contribution in [2.45, 2.75) is 13.3 Å². The minimum Gasteiger partial charge on any atom is -0.359 e. The number of aromatic nitrogens is 3. The molecular formula is C20H19ClFN5O. The van der Waals surface area contributed by atoms with Crippen LogP contribution in [0.5, 0.6) is 0 Å². The molecule has 1 amide bonds. The Morgan fingerprint density at radius 2 is 1.93 bits per heavy atom. The molecule has 0 aliphatic heterocycles. The van der Waals surface area contributed by atoms with Gasteiger partial charge in [0.2, 0.25) is 0 Å². The largest absolute Gasteiger partial charge is 0.359 e. The topological polar surface area (TPSA) is 71.0 Å². The summed E-state index contributed by atoms with van der Waals surface area (Å²) in [6.45, 7) is 2.45. The maximum atomic E-state index is 13.3. The van der Waals surface area contributed by atoms with Gasteiger partial charge in [-0.05, 0) is 49.2 Å². The summed E-state index contributed by atoms with van der Waals surface area (Å²) in [4.78, 5) is 27.1. The molecule has 1 aromatic carbocycles. The average molecular weight is 400 g/mol. The Morgan fingerprint density at radius 3 is 2.64 bits per heavy atom. The lowest BCUT2D eigenvalue weighted by Crippen LogP contribution is -2.23. The van der Waals surface area contributed by atoms with E-state index in [1.165, 1.54) is 23.8 Å². The van der Waals surface area contributed by atoms with Crippen LogP contribution in [0.4, 0.5) is 15.9 Å². The predicted molar refractivity (Wildman–Crippen MR) is 107 cm³/mol. The zero-order chi connectivity index (χ0) is 20.1. The molecule has 0 unspecified atom stereocenters. The first-order chi connectivity index (χ1) is 13.4. The van der Waals surface area contributed by atoms with E-state index in [0.29, 0.717) is 17.3 Å². The maximum absolute atomic E-state index is 13.3. The Hall–Kier alpha value is -3.06. The number of aryl methyl sites for hydroxylation is 1. The van der Waals surface area contributed by atoms with Gasteiger partial charge in [-0.3, -0.25) is 9.78 Å². The zero-order valence-electron chi connectivity index (χ0n) is 15.5. The van der Waals surface area contributed by atoms with Crippen LogP contribution in [0.15, 0.2) is 48.8 Å². The molecule has 0 fully saturated rings. The number of anilines is 2. The average Bonchev–Trinajstić information content (AvgIpc) is 2.69. The predicted octanol–water partition coefficient (Wildman–Crippen LogP) is 3.90. The first-order valence-corrected chi connectivity index (χ1v) is 9.02. The molecule has 0 saturated heterocycles. The van der Waals surface area contributed by atoms with Gasteiger partial charge in [0.1, 0.15) is 23.2 Å². The second-order valence-corrected chi connectivity index (χ2v) is 6.68. The fourth-order valence-electron chi connectivity index (χ4n) is 2.59. The van der Waals surface area contributed by atoms with Gasteiger partial charge in [-0.25, -0.2) is 14.4 Å². The molecule has 3 aromatic rings. The van der Waals surface area contributed by atoms with Gasteiger partial charge in [0.15, 0.2) is 0 Å². The molecule has 0 bridgehead atoms. The van der Waals surface area contributed by atoms with Gasteiger partial charge in [-0.15, -0.1) is 0 Å². The molecule has 0 spiro atoms. The van der Waals surface area contributed by atoms with E-state index in [1.807, 2.05) is 24.1 Å². The van der Waals surface area contributed by atoms with Crippen molar-refractivity contribution >= 4 is 29.0 Å². The number of pyridine rings is 1. The van der Waals surface area contributed by atoms with Gasteiger partial charge >= 0.3 is 0 Å². The zero-order valence-corrected chi connectivity index (χ0v) is 16.2. The SMILES string of the molecule is Cc1nc(C(=O)Nc2ccc(F)c(Cl)c2)cc(N(C)CCc2ccncc2)n1. The molecule has 3 rings (SSSR count). The molecule has 28 heavy (non-hydrogen) atoms. The van der Waals surface area contributed by atoms with Crippen LogP contribution >= 0.6 is 11.6 Å². The fourth-order valence-corrected chi connectivity index (χ4v) is 2.77. The third-order valence-electron chi connectivity index (χ3n) is 4.11. The third-order valence-corrected chi connectivity index (χ3v) is 4.40. The molecule has 0 radical (unpaired) electrons. The Balaban J connectivity index is 1.72. The van der Waals surface area contributed by atoms with Crippen LogP contribution in [0.1, 0.15) is 21.9 Å². The van der Waals surface area contributed by atoms with Crippen molar-refractivity contribution in [2.24, 2.45) is 0 Å². The summed E-state index contributed by atoms with van der Waals surface area (Å²) < 4.78 is 13.3. The van der Waals surface area contributed by atoms with Crippen LogP contribution < -0.4 is 10.2 Å². The summed E-state index contributed by atoms with van der Waals surface area (Å²) in [5, 5.41) is 2.61. The molecular weight excluding hydrogens is 381 g/mol. The van der Waals surface area contributed by atoms with Gasteiger partial charge in [0.05, 0.1) is 5.02 Å². The van der Waals surface area contributed by atoms with Gasteiger partial charge < -0.3 is 10.2 Å². The first kappa shape index (κ1) is 19.7. The normalized spacial score (nSPS) is 10.6. The van der Waals surface area contributed by atoms with Crippen molar-refractivity contribution in [3.63, 3.8) is 0 Å². The number of nitrogens with one attached hydrogen (secondary N) is 1. The lowest BCUT2D eigenvalue weighted by molar-refractivity contribution is 0.102. The minimum absolute atomic E-state index is 0.0618. The van der Waals surface area contributed by atoms with E-state index in [-0.39, 0.29) is 10.7 Å². The summed E-state index contributed by atoms with van der Waals surface area (Å²) in [5.74, 6) is 0.159. The summed E-state index contributed by atoms with van der Waals surface area (Å²) in [5.41, 5.74) is 1.78. The number of likely N-dealkylation sites (N-methyl/N-ethyl adjacent to an activating group) is 1. The van der Waals surface area contributed by atoms with Crippen LogP contribution in [0.3, 0.4) is 0 Å². The number of rotatable bonds is 6. The van der Waals surface area contributed by atoms with E-state index in [2.05, 4.69) is 20.3 Å². The van der Waals surface area contributed by atoms with Crippen molar-refractivity contribution in [1.29, 1.82) is 0 Å². The number of halogens is 2. The molecule has 144 valence electrons. The molecule has 0 atom stereocenters. The Kier molecular flexibility index (Phi) is 6.16. The van der Waals surface area contributed by atoms with E-state index in [0.717, 1.165) is 13.0 Å². The van der Waals surface area contributed by atoms with Crippen LogP contribution in [-0.2, 0) is 6.42 Å². The van der Waals surface area contributed by atoms with Crippen molar-refractivity contribution < 1.29 is 9.18 Å². The molecule has 2 aromatic heterocycles. The maximum Gasteiger partial charge on any atom is 0.274 e. The van der Waals surface area contributed by atoms with Gasteiger partial charge in [-0.2, -0.15) is 0 Å². The number of carbonyl (C=O) groups is 1. The highest BCUT2D eigenvalue weighted by Gasteiger charge is 2.14. The van der Waals surface area contributed by atoms with Crippen LogP contribution in [0, 0.1) is 12.7 Å². The highest BCUT2D eigenvalue weighted by Crippen LogP contribution is 2.20. The highest BCUT2D eigenvalue weighted by molar-refractivity contribution is 6.31. The standard InChI is InChI=1S/C20H19ClFN5O/c1-13-24-18(20(28)26-15-3-4-17(22)16(21)11-15)12-19(25-13)27(2)10-7-14-5-8-23-9-6-14/h3-6,8-9,11-12H,7,10H2,1-2H3,(H,26,28). The van der Waals surface area contributed by atoms with E-state index >= 15 is 0 Å². The molecule has 0 aliphatic rings. The fraction of sp³-hybridized carbons (Fsp3) is 0.200. The lowest BCUT2D eigenvalue weighted by atomic mass is 10.2. The quantitative estimate of drug-likeness (QED) is 0.680. The number of amides is 1. The summed E-state index contributed by atoms with van der Waals surface area (Å²) >= 11 is 5.76. The van der Waals surface area contributed by atoms with Gasteiger partial charge in [-0.1, -0.05) is 11.6 Å². The molecule has 0 saturated carbocycles. The van der Waals surface area contributed by atoms with Crippen LogP contribution in [-0.4, -0.2) is 34.5 Å². The van der Waals surface area contributed by atoms with Crippen LogP contribution in [0.25, 0.3) is 0 Å². The van der Waals surface area contributed by atoms with Crippen molar-refractivity contribution in [1.82, 2.24) is 15.0 Å². The number of hydrogen-bond acceptors (Lipinski definition) is 5. The van der Waals surface area contributed by atoms with E-state index < -0.39 is 11.7 Å². The second-order valence-electron chi connectivity index (χ2n) is 6.27. The number of hydrogen-bond donors (Lipinski definition) is 1. The number of carbonyl (C=O) groups excluding carboxylic acids is 1. The molecule has 1 N–H and O–H groups in total. The number of nitrogens with zero attached hydrogens (tertiary/aromatic N) is 4. The minimum atomic E-state index is -0.546. The molecule has 8 heteroatoms. The number of benzene rings is 1.